The number of rotatable bonds is 19. The Labute approximate surface area is 341 Å². The van der Waals surface area contributed by atoms with E-state index in [0.717, 1.165) is 22.3 Å². The van der Waals surface area contributed by atoms with E-state index in [1.54, 1.807) is 4.90 Å². The number of hydrogen-bond acceptors (Lipinski definition) is 9. The number of nitrogens with zero attached hydrogens (tertiary/aromatic N) is 1. The maximum Gasteiger partial charge on any atom is 2.00 e. The topological polar surface area (TPSA) is 181 Å². The van der Waals surface area contributed by atoms with Crippen molar-refractivity contribution in [2.45, 2.75) is 77.6 Å². The summed E-state index contributed by atoms with van der Waals surface area (Å²) < 4.78 is 27.8. The molecule has 0 bridgehead atoms. The minimum atomic E-state index is -5.40. The van der Waals surface area contributed by atoms with E-state index >= 15 is 0 Å². The van der Waals surface area contributed by atoms with Gasteiger partial charge in [0.05, 0.1) is 20.0 Å². The van der Waals surface area contributed by atoms with Crippen LogP contribution in [0, 0.1) is 19.8 Å². The largest absolute Gasteiger partial charge is 2.00 e. The average molecular weight is 777 g/mol. The van der Waals surface area contributed by atoms with Gasteiger partial charge < -0.3 is 49.2 Å². The molecule has 15 heteroatoms. The van der Waals surface area contributed by atoms with Crippen LogP contribution in [0.1, 0.15) is 48.9 Å². The van der Waals surface area contributed by atoms with Gasteiger partial charge in [0.2, 0.25) is 5.91 Å². The molecule has 1 fully saturated rings. The molecule has 0 unspecified atom stereocenters. The van der Waals surface area contributed by atoms with Gasteiger partial charge >= 0.3 is 43.8 Å². The summed E-state index contributed by atoms with van der Waals surface area (Å²) in [6, 6.07) is 21.9. The summed E-state index contributed by atoms with van der Waals surface area (Å²) in [5, 5.41) is 8.95. The molecule has 53 heavy (non-hydrogen) atoms. The molecule has 0 aliphatic carbocycles. The van der Waals surface area contributed by atoms with Crippen molar-refractivity contribution in [3.8, 4) is 5.75 Å². The second kappa shape index (κ2) is 21.8. The molecule has 0 spiro atoms. The number of ether oxygens (including phenoxy) is 2. The molecule has 3 N–H and O–H groups in total. The molecule has 4 amide bonds. The van der Waals surface area contributed by atoms with Crippen molar-refractivity contribution < 1.29 is 42.7 Å². The first kappa shape index (κ1) is 44.4. The van der Waals surface area contributed by atoms with Gasteiger partial charge in [-0.3, -0.25) is 9.59 Å². The third kappa shape index (κ3) is 14.6. The number of para-hydroxylation sites is 1. The molecule has 0 radical (unpaired) electrons. The number of hydrogen-bond donors (Lipinski definition) is 3. The van der Waals surface area contributed by atoms with Gasteiger partial charge in [0.25, 0.3) is 5.91 Å². The second-order valence-electron chi connectivity index (χ2n) is 13.4. The number of amides is 4. The third-order valence-corrected chi connectivity index (χ3v) is 9.30. The summed E-state index contributed by atoms with van der Waals surface area (Å²) in [6.45, 7) is 7.26. The number of benzene rings is 3. The van der Waals surface area contributed by atoms with E-state index in [9.17, 15) is 28.7 Å². The van der Waals surface area contributed by atoms with Gasteiger partial charge in [-0.1, -0.05) is 92.7 Å². The Morgan fingerprint density at radius 2 is 1.51 bits per heavy atom. The number of phosphoric acid groups is 1. The van der Waals surface area contributed by atoms with Crippen molar-refractivity contribution in [1.82, 2.24) is 20.9 Å². The van der Waals surface area contributed by atoms with E-state index in [2.05, 4.69) is 20.5 Å². The molecule has 3 aromatic rings. The van der Waals surface area contributed by atoms with Gasteiger partial charge in [0.15, 0.2) is 13.4 Å². The summed E-state index contributed by atoms with van der Waals surface area (Å²) in [5.41, 5.74) is 3.48. The predicted octanol–water partition coefficient (Wildman–Crippen LogP) is 2.77. The van der Waals surface area contributed by atoms with E-state index in [1.807, 2.05) is 107 Å². The van der Waals surface area contributed by atoms with Crippen LogP contribution in [0.5, 0.6) is 5.75 Å². The summed E-state index contributed by atoms with van der Waals surface area (Å²) in [6.07, 6.45) is 0.386. The number of urea groups is 1. The average Bonchev–Trinajstić information content (AvgIpc) is 3.08. The minimum Gasteiger partial charge on any atom is -0.790 e. The first-order valence-electron chi connectivity index (χ1n) is 17.5. The predicted molar refractivity (Wildman–Crippen MR) is 198 cm³/mol. The quantitative estimate of drug-likeness (QED) is 0.0938. The zero-order valence-corrected chi connectivity index (χ0v) is 33.9. The molecule has 0 saturated carbocycles. The van der Waals surface area contributed by atoms with E-state index in [4.69, 9.17) is 9.47 Å². The van der Waals surface area contributed by atoms with Crippen LogP contribution in [0.3, 0.4) is 0 Å². The van der Waals surface area contributed by atoms with Crippen LogP contribution >= 0.6 is 7.82 Å². The van der Waals surface area contributed by atoms with E-state index < -0.39 is 44.8 Å². The van der Waals surface area contributed by atoms with Crippen molar-refractivity contribution in [2.24, 2.45) is 5.92 Å². The normalized spacial score (nSPS) is 15.4. The smallest absolute Gasteiger partial charge is 0.790 e. The Kier molecular flexibility index (Phi) is 18.2. The van der Waals surface area contributed by atoms with Crippen LogP contribution in [0.15, 0.2) is 78.9 Å². The molecular weight excluding hydrogens is 727 g/mol. The molecule has 4 atom stereocenters. The molecule has 13 nitrogen and oxygen atoms in total. The monoisotopic (exact) mass is 776 g/mol. The molecule has 3 aromatic carbocycles. The molecule has 0 aromatic heterocycles. The van der Waals surface area contributed by atoms with Gasteiger partial charge in [-0.05, 0) is 67.7 Å². The Bertz CT molecular complexity index is 1640. The van der Waals surface area contributed by atoms with E-state index in [0.29, 0.717) is 31.7 Å². The maximum atomic E-state index is 14.1. The first-order chi connectivity index (χ1) is 24.8. The third-order valence-electron chi connectivity index (χ3n) is 8.88. The van der Waals surface area contributed by atoms with Crippen LogP contribution in [0.2, 0.25) is 0 Å². The fourth-order valence-electron chi connectivity index (χ4n) is 6.46. The fourth-order valence-corrected chi connectivity index (χ4v) is 6.65. The molecule has 1 heterocycles. The molecule has 282 valence electrons. The number of phosphoric ester groups is 1. The molecule has 1 saturated heterocycles. The van der Waals surface area contributed by atoms with Crippen molar-refractivity contribution in [1.29, 1.82) is 0 Å². The van der Waals surface area contributed by atoms with Crippen molar-refractivity contribution in [3.63, 3.8) is 0 Å². The van der Waals surface area contributed by atoms with Crippen molar-refractivity contribution >= 4 is 63.4 Å². The van der Waals surface area contributed by atoms with Gasteiger partial charge in [-0.2, -0.15) is 0 Å². The Morgan fingerprint density at radius 3 is 2.08 bits per heavy atom. The van der Waals surface area contributed by atoms with Crippen LogP contribution in [-0.2, 0) is 36.3 Å². The van der Waals surface area contributed by atoms with E-state index in [-0.39, 0.29) is 75.0 Å². The van der Waals surface area contributed by atoms with Gasteiger partial charge in [-0.25, -0.2) is 4.79 Å². The fraction of sp³-hybridized carbons (Fsp3) is 0.447. The van der Waals surface area contributed by atoms with Crippen LogP contribution in [0.25, 0.3) is 0 Å². The SMILES string of the molecule is Cc1cccc(C)c1OCC(=O)N[C@@H](Cc1ccccc1)[C@H](C[C@@H](Cc1ccccc1)NC(=O)[C@H](C(C)C)N1CCCNC1=O)OCOP(=O)([O-])[O-].[Ca+2]. The Morgan fingerprint density at radius 1 is 0.906 bits per heavy atom. The molecule has 1 aliphatic heterocycles. The number of carbonyl (C=O) groups is 3. The van der Waals surface area contributed by atoms with Gasteiger partial charge in [-0.15, -0.1) is 0 Å². The van der Waals surface area contributed by atoms with Crippen LogP contribution < -0.4 is 30.5 Å². The van der Waals surface area contributed by atoms with Crippen molar-refractivity contribution in [2.75, 3.05) is 26.5 Å². The van der Waals surface area contributed by atoms with Crippen LogP contribution in [-0.4, -0.2) is 111 Å². The molecule has 4 rings (SSSR count). The van der Waals surface area contributed by atoms with Gasteiger partial charge in [0, 0.05) is 19.1 Å². The van der Waals surface area contributed by atoms with Gasteiger partial charge in [0.1, 0.15) is 11.8 Å². The van der Waals surface area contributed by atoms with E-state index in [1.165, 1.54) is 0 Å². The first-order valence-corrected chi connectivity index (χ1v) is 19.0. The number of nitrogens with one attached hydrogen (secondary N) is 3. The summed E-state index contributed by atoms with van der Waals surface area (Å²) >= 11 is 0. The zero-order valence-electron chi connectivity index (χ0n) is 30.8. The summed E-state index contributed by atoms with van der Waals surface area (Å²) in [7, 11) is -5.40. The summed E-state index contributed by atoms with van der Waals surface area (Å²) in [4.78, 5) is 64.8. The van der Waals surface area contributed by atoms with Crippen molar-refractivity contribution in [3.05, 3.63) is 101 Å². The maximum absolute atomic E-state index is 14.1. The second-order valence-corrected chi connectivity index (χ2v) is 14.5. The number of carbonyl (C=O) groups excluding carboxylic acids is 3. The zero-order chi connectivity index (χ0) is 37.7. The number of aryl methyl sites for hydroxylation is 2. The minimum absolute atomic E-state index is 0. The summed E-state index contributed by atoms with van der Waals surface area (Å²) in [5.74, 6) is -0.451. The molecular formula is C38H49CaN4O9P. The molecule has 1 aliphatic rings. The van der Waals surface area contributed by atoms with Crippen LogP contribution in [0.4, 0.5) is 4.79 Å². The Hall–Kier alpha value is -3.00. The Balaban J connectivity index is 0.00000756. The standard InChI is InChI=1S/C38H51N4O9P.Ca/c1-26(2)35(42-20-12-19-39-38(42)45)37(44)40-31(21-29-15-7-5-8-16-29)23-33(50-25-51-52(46,47)48)32(22-30-17-9-6-10-18-30)41-34(43)24-49-36-27(3)13-11-14-28(36)4;/h5-11,13-18,26,31-33,35H,12,19-25H2,1-4H3,(H,39,45)(H,40,44)(H,41,43)(H2,46,47,48);/q;+2/p-2/t31-,32+,33+,35+;/m1./s1.